The summed E-state index contributed by atoms with van der Waals surface area (Å²) in [5.74, 6) is 0. The Morgan fingerprint density at radius 3 is 2.78 bits per heavy atom. The molecule has 0 aromatic rings. The van der Waals surface area contributed by atoms with Gasteiger partial charge in [0.2, 0.25) is 0 Å². The molecule has 0 bridgehead atoms. The molecule has 50 valence electrons. The van der Waals surface area contributed by atoms with E-state index in [0.29, 0.717) is 6.04 Å². The highest BCUT2D eigenvalue weighted by Gasteiger charge is 2.07. The molecule has 0 amide bonds. The van der Waals surface area contributed by atoms with Crippen LogP contribution in [-0.2, 0) is 0 Å². The average Bonchev–Trinajstić information content (AvgIpc) is 1.80. The standard InChI is InChI=1S/C6H11N3/c1-5-4-6(2)9(3)8-7-5/h4,6H,1-3H3. The lowest BCUT2D eigenvalue weighted by Crippen LogP contribution is -2.23. The Balaban J connectivity index is 2.70. The van der Waals surface area contributed by atoms with E-state index in [9.17, 15) is 0 Å². The molecule has 0 aromatic heterocycles. The lowest BCUT2D eigenvalue weighted by atomic mass is 10.3. The smallest absolute Gasteiger partial charge is 0.0657 e. The Labute approximate surface area is 55.0 Å². The van der Waals surface area contributed by atoms with Crippen LogP contribution in [0.15, 0.2) is 22.1 Å². The maximum absolute atomic E-state index is 3.88. The van der Waals surface area contributed by atoms with Crippen molar-refractivity contribution in [2.45, 2.75) is 19.9 Å². The van der Waals surface area contributed by atoms with Gasteiger partial charge in [-0.15, -0.1) is 5.11 Å². The average molecular weight is 125 g/mol. The van der Waals surface area contributed by atoms with E-state index in [1.807, 2.05) is 19.0 Å². The van der Waals surface area contributed by atoms with Gasteiger partial charge in [0.25, 0.3) is 0 Å². The molecule has 0 spiro atoms. The summed E-state index contributed by atoms with van der Waals surface area (Å²) in [7, 11) is 1.91. The molecule has 1 aliphatic heterocycles. The molecule has 0 saturated carbocycles. The van der Waals surface area contributed by atoms with Crippen LogP contribution in [0.4, 0.5) is 0 Å². The molecule has 1 unspecified atom stereocenters. The first-order chi connectivity index (χ1) is 4.20. The largest absolute Gasteiger partial charge is 0.275 e. The summed E-state index contributed by atoms with van der Waals surface area (Å²) in [5, 5.41) is 9.58. The van der Waals surface area contributed by atoms with Gasteiger partial charge in [-0.05, 0) is 19.9 Å². The number of hydrogen-bond acceptors (Lipinski definition) is 3. The Kier molecular flexibility index (Phi) is 1.51. The summed E-state index contributed by atoms with van der Waals surface area (Å²) >= 11 is 0. The third kappa shape index (κ3) is 1.28. The van der Waals surface area contributed by atoms with Gasteiger partial charge in [0.05, 0.1) is 11.7 Å². The fourth-order valence-electron chi connectivity index (χ4n) is 0.713. The topological polar surface area (TPSA) is 28.0 Å². The molecule has 1 rings (SSSR count). The highest BCUT2D eigenvalue weighted by atomic mass is 15.5. The molecule has 3 heteroatoms. The van der Waals surface area contributed by atoms with Gasteiger partial charge in [-0.2, -0.15) is 0 Å². The molecular formula is C6H11N3. The second-order valence-electron chi connectivity index (χ2n) is 2.31. The van der Waals surface area contributed by atoms with E-state index in [1.54, 1.807) is 0 Å². The summed E-state index contributed by atoms with van der Waals surface area (Å²) in [5.41, 5.74) is 1.00. The summed E-state index contributed by atoms with van der Waals surface area (Å²) < 4.78 is 0. The summed E-state index contributed by atoms with van der Waals surface area (Å²) in [4.78, 5) is 0. The molecule has 1 heterocycles. The Hall–Kier alpha value is -0.860. The second kappa shape index (κ2) is 2.17. The van der Waals surface area contributed by atoms with Gasteiger partial charge in [0, 0.05) is 7.05 Å². The zero-order valence-electron chi connectivity index (χ0n) is 6.00. The fraction of sp³-hybridized carbons (Fsp3) is 0.667. The van der Waals surface area contributed by atoms with E-state index in [4.69, 9.17) is 0 Å². The van der Waals surface area contributed by atoms with Crippen molar-refractivity contribution in [1.29, 1.82) is 0 Å². The van der Waals surface area contributed by atoms with Gasteiger partial charge >= 0.3 is 0 Å². The minimum Gasteiger partial charge on any atom is -0.275 e. The van der Waals surface area contributed by atoms with Crippen molar-refractivity contribution in [2.75, 3.05) is 7.05 Å². The van der Waals surface area contributed by atoms with Gasteiger partial charge in [0.1, 0.15) is 0 Å². The first-order valence-corrected chi connectivity index (χ1v) is 3.03. The van der Waals surface area contributed by atoms with Crippen LogP contribution in [0.5, 0.6) is 0 Å². The minimum atomic E-state index is 0.391. The van der Waals surface area contributed by atoms with Crippen LogP contribution in [-0.4, -0.2) is 18.1 Å². The number of allylic oxidation sites excluding steroid dienone is 1. The van der Waals surface area contributed by atoms with E-state index in [1.165, 1.54) is 0 Å². The lowest BCUT2D eigenvalue weighted by Gasteiger charge is -2.20. The van der Waals surface area contributed by atoms with E-state index in [0.717, 1.165) is 5.70 Å². The fourth-order valence-corrected chi connectivity index (χ4v) is 0.713. The van der Waals surface area contributed by atoms with Gasteiger partial charge in [0.15, 0.2) is 0 Å². The van der Waals surface area contributed by atoms with Gasteiger partial charge in [-0.1, -0.05) is 5.22 Å². The van der Waals surface area contributed by atoms with Crippen molar-refractivity contribution in [3.63, 3.8) is 0 Å². The summed E-state index contributed by atoms with van der Waals surface area (Å²) in [6.07, 6.45) is 2.08. The molecule has 3 nitrogen and oxygen atoms in total. The van der Waals surface area contributed by atoms with Gasteiger partial charge in [-0.3, -0.25) is 5.01 Å². The lowest BCUT2D eigenvalue weighted by molar-refractivity contribution is 0.280. The number of rotatable bonds is 0. The molecule has 0 aromatic carbocycles. The molecule has 1 aliphatic rings. The molecular weight excluding hydrogens is 114 g/mol. The van der Waals surface area contributed by atoms with Gasteiger partial charge < -0.3 is 0 Å². The third-order valence-electron chi connectivity index (χ3n) is 1.42. The Bertz CT molecular complexity index is 160. The predicted molar refractivity (Wildman–Crippen MR) is 35.8 cm³/mol. The maximum Gasteiger partial charge on any atom is 0.0657 e. The zero-order valence-corrected chi connectivity index (χ0v) is 6.00. The van der Waals surface area contributed by atoms with Crippen LogP contribution < -0.4 is 0 Å². The molecule has 0 aliphatic carbocycles. The van der Waals surface area contributed by atoms with Crippen LogP contribution in [0.3, 0.4) is 0 Å². The molecule has 1 atom stereocenters. The van der Waals surface area contributed by atoms with Crippen LogP contribution in [0.25, 0.3) is 0 Å². The molecule has 0 saturated heterocycles. The predicted octanol–water partition coefficient (Wildman–Crippen LogP) is 1.59. The minimum absolute atomic E-state index is 0.391. The van der Waals surface area contributed by atoms with Crippen molar-refractivity contribution >= 4 is 0 Å². The van der Waals surface area contributed by atoms with Crippen molar-refractivity contribution in [3.05, 3.63) is 11.8 Å². The van der Waals surface area contributed by atoms with Crippen molar-refractivity contribution in [2.24, 2.45) is 10.3 Å². The van der Waals surface area contributed by atoms with Gasteiger partial charge in [-0.25, -0.2) is 0 Å². The quantitative estimate of drug-likeness (QED) is 0.483. The first kappa shape index (κ1) is 6.26. The zero-order chi connectivity index (χ0) is 6.85. The normalized spacial score (nSPS) is 26.3. The highest BCUT2D eigenvalue weighted by Crippen LogP contribution is 2.10. The SMILES string of the molecule is CC1=CC(C)N(C)N=N1. The van der Waals surface area contributed by atoms with Crippen molar-refractivity contribution < 1.29 is 0 Å². The van der Waals surface area contributed by atoms with E-state index in [-0.39, 0.29) is 0 Å². The molecule has 0 fully saturated rings. The number of likely N-dealkylation sites (N-methyl/N-ethyl adjacent to an activating group) is 1. The van der Waals surface area contributed by atoms with Crippen molar-refractivity contribution in [3.8, 4) is 0 Å². The second-order valence-corrected chi connectivity index (χ2v) is 2.31. The van der Waals surface area contributed by atoms with Crippen LogP contribution in [0, 0.1) is 0 Å². The maximum atomic E-state index is 3.88. The van der Waals surface area contributed by atoms with E-state index < -0.39 is 0 Å². The first-order valence-electron chi connectivity index (χ1n) is 3.03. The van der Waals surface area contributed by atoms with E-state index >= 15 is 0 Å². The van der Waals surface area contributed by atoms with Crippen LogP contribution in [0.1, 0.15) is 13.8 Å². The Morgan fingerprint density at radius 2 is 2.33 bits per heavy atom. The Morgan fingerprint density at radius 1 is 1.67 bits per heavy atom. The third-order valence-corrected chi connectivity index (χ3v) is 1.42. The van der Waals surface area contributed by atoms with Crippen molar-refractivity contribution in [1.82, 2.24) is 5.01 Å². The van der Waals surface area contributed by atoms with Crippen LogP contribution >= 0.6 is 0 Å². The number of hydrogen-bond donors (Lipinski definition) is 0. The molecule has 9 heavy (non-hydrogen) atoms. The monoisotopic (exact) mass is 125 g/mol. The highest BCUT2D eigenvalue weighted by molar-refractivity contribution is 5.02. The summed E-state index contributed by atoms with van der Waals surface area (Å²) in [6, 6.07) is 0.391. The van der Waals surface area contributed by atoms with E-state index in [2.05, 4.69) is 23.3 Å². The van der Waals surface area contributed by atoms with Crippen LogP contribution in [0.2, 0.25) is 0 Å². The number of nitrogens with zero attached hydrogens (tertiary/aromatic N) is 3. The molecule has 0 N–H and O–H groups in total. The summed E-state index contributed by atoms with van der Waals surface area (Å²) in [6.45, 7) is 4.04. The molecule has 0 radical (unpaired) electrons.